The van der Waals surface area contributed by atoms with Crippen molar-refractivity contribution in [2.75, 3.05) is 0 Å². The molecule has 0 heterocycles. The zero-order valence-electron chi connectivity index (χ0n) is 18.9. The average molecular weight is 447 g/mol. The molecule has 0 atom stereocenters. The van der Waals surface area contributed by atoms with Crippen LogP contribution in [0.5, 0.6) is 0 Å². The van der Waals surface area contributed by atoms with Crippen LogP contribution >= 0.6 is 0 Å². The molecule has 0 bridgehead atoms. The third-order valence-corrected chi connectivity index (χ3v) is 4.81. The Labute approximate surface area is 186 Å². The minimum absolute atomic E-state index is 0.263. The van der Waals surface area contributed by atoms with E-state index in [9.17, 15) is 19.2 Å². The van der Waals surface area contributed by atoms with Crippen LogP contribution in [0.4, 0.5) is 0 Å². The Kier molecular flexibility index (Phi) is 24.2. The number of carboxylic acid groups (broad SMARTS) is 4. The molecule has 0 aromatic heterocycles. The zero-order chi connectivity index (χ0) is 23.7. The minimum atomic E-state index is -0.726. The van der Waals surface area contributed by atoms with Crippen LogP contribution in [-0.2, 0) is 19.2 Å². The summed E-state index contributed by atoms with van der Waals surface area (Å²) in [4.78, 5) is 40.8. The number of carboxylic acids is 4. The maximum absolute atomic E-state index is 10.2. The van der Waals surface area contributed by atoms with Gasteiger partial charge in [0.1, 0.15) is 0 Å². The van der Waals surface area contributed by atoms with Crippen LogP contribution in [0.15, 0.2) is 0 Å². The molecule has 182 valence electrons. The lowest BCUT2D eigenvalue weighted by Gasteiger charge is -2.00. The van der Waals surface area contributed by atoms with Crippen LogP contribution in [0, 0.1) is 0 Å². The maximum atomic E-state index is 10.2. The van der Waals surface area contributed by atoms with Crippen LogP contribution in [-0.4, -0.2) is 44.3 Å². The first-order valence-corrected chi connectivity index (χ1v) is 11.6. The van der Waals surface area contributed by atoms with Crippen LogP contribution in [0.25, 0.3) is 0 Å². The highest BCUT2D eigenvalue weighted by molar-refractivity contribution is 5.67. The number of hydrogen-bond acceptors (Lipinski definition) is 4. The molecule has 0 rings (SSSR count). The molecule has 0 unspecified atom stereocenters. The average Bonchev–Trinajstić information content (AvgIpc) is 2.67. The van der Waals surface area contributed by atoms with Crippen molar-refractivity contribution in [2.24, 2.45) is 0 Å². The Hall–Kier alpha value is -2.12. The second kappa shape index (κ2) is 24.2. The van der Waals surface area contributed by atoms with Crippen molar-refractivity contribution in [3.63, 3.8) is 0 Å². The highest BCUT2D eigenvalue weighted by Gasteiger charge is 1.99. The number of aliphatic carboxylic acids is 4. The second-order valence-electron chi connectivity index (χ2n) is 7.88. The van der Waals surface area contributed by atoms with Crippen LogP contribution < -0.4 is 0 Å². The van der Waals surface area contributed by atoms with E-state index in [2.05, 4.69) is 0 Å². The lowest BCUT2D eigenvalue weighted by atomic mass is 10.1. The number of rotatable bonds is 21. The molecular formula is C23H42O8. The van der Waals surface area contributed by atoms with Gasteiger partial charge in [-0.25, -0.2) is 0 Å². The van der Waals surface area contributed by atoms with E-state index >= 15 is 0 Å². The van der Waals surface area contributed by atoms with E-state index in [1.54, 1.807) is 0 Å². The summed E-state index contributed by atoms with van der Waals surface area (Å²) in [7, 11) is 0. The van der Waals surface area contributed by atoms with Gasteiger partial charge in [0.25, 0.3) is 0 Å². The van der Waals surface area contributed by atoms with Gasteiger partial charge in [-0.2, -0.15) is 0 Å². The van der Waals surface area contributed by atoms with Crippen LogP contribution in [0.3, 0.4) is 0 Å². The van der Waals surface area contributed by atoms with Gasteiger partial charge in [-0.1, -0.05) is 70.6 Å². The molecule has 0 aliphatic heterocycles. The van der Waals surface area contributed by atoms with Gasteiger partial charge in [0.2, 0.25) is 0 Å². The fourth-order valence-corrected chi connectivity index (χ4v) is 3.05. The van der Waals surface area contributed by atoms with E-state index in [4.69, 9.17) is 20.4 Å². The van der Waals surface area contributed by atoms with Gasteiger partial charge in [0.15, 0.2) is 0 Å². The first kappa shape index (κ1) is 31.1. The lowest BCUT2D eigenvalue weighted by molar-refractivity contribution is -0.138. The summed E-state index contributed by atoms with van der Waals surface area (Å²) in [6.45, 7) is 0. The predicted molar refractivity (Wildman–Crippen MR) is 118 cm³/mol. The maximum Gasteiger partial charge on any atom is 0.303 e. The molecule has 4 N–H and O–H groups in total. The van der Waals surface area contributed by atoms with Gasteiger partial charge < -0.3 is 20.4 Å². The van der Waals surface area contributed by atoms with Crippen molar-refractivity contribution in [3.05, 3.63) is 0 Å². The molecule has 0 radical (unpaired) electrons. The summed E-state index contributed by atoms with van der Waals surface area (Å²) < 4.78 is 0. The van der Waals surface area contributed by atoms with E-state index in [0.717, 1.165) is 96.3 Å². The minimum Gasteiger partial charge on any atom is -0.481 e. The summed E-state index contributed by atoms with van der Waals surface area (Å²) in [6, 6.07) is 0. The van der Waals surface area contributed by atoms with Gasteiger partial charge in [0, 0.05) is 25.7 Å². The monoisotopic (exact) mass is 446 g/mol. The van der Waals surface area contributed by atoms with E-state index in [1.165, 1.54) is 0 Å². The van der Waals surface area contributed by atoms with E-state index in [0.29, 0.717) is 0 Å². The van der Waals surface area contributed by atoms with E-state index < -0.39 is 23.9 Å². The zero-order valence-corrected chi connectivity index (χ0v) is 18.9. The fraction of sp³-hybridized carbons (Fsp3) is 0.826. The highest BCUT2D eigenvalue weighted by Crippen LogP contribution is 2.11. The number of unbranched alkanes of at least 4 members (excludes halogenated alkanes) is 13. The van der Waals surface area contributed by atoms with Crippen molar-refractivity contribution >= 4 is 23.9 Å². The Morgan fingerprint density at radius 1 is 0.290 bits per heavy atom. The van der Waals surface area contributed by atoms with E-state index in [-0.39, 0.29) is 25.7 Å². The summed E-state index contributed by atoms with van der Waals surface area (Å²) in [5, 5.41) is 33.6. The van der Waals surface area contributed by atoms with Crippen molar-refractivity contribution in [3.8, 4) is 0 Å². The van der Waals surface area contributed by atoms with Crippen LogP contribution in [0.1, 0.15) is 122 Å². The molecule has 0 amide bonds. The molecule has 0 aliphatic carbocycles. The highest BCUT2D eigenvalue weighted by atomic mass is 16.4. The van der Waals surface area contributed by atoms with Gasteiger partial charge >= 0.3 is 23.9 Å². The third kappa shape index (κ3) is 35.7. The lowest BCUT2D eigenvalue weighted by Crippen LogP contribution is -1.94. The molecule has 0 aliphatic rings. The SMILES string of the molecule is O=C(O)CCCCCCCCCC(=O)O.O=C(O)CCCCCCCCCCC(=O)O. The van der Waals surface area contributed by atoms with Crippen LogP contribution in [0.2, 0.25) is 0 Å². The van der Waals surface area contributed by atoms with Gasteiger partial charge in [-0.05, 0) is 25.7 Å². The van der Waals surface area contributed by atoms with Crippen molar-refractivity contribution in [2.45, 2.75) is 122 Å². The van der Waals surface area contributed by atoms with Gasteiger partial charge in [-0.15, -0.1) is 0 Å². The van der Waals surface area contributed by atoms with Gasteiger partial charge in [-0.3, -0.25) is 19.2 Å². The topological polar surface area (TPSA) is 149 Å². The molecule has 0 aromatic rings. The predicted octanol–water partition coefficient (Wildman–Crippen LogP) is 5.72. The Morgan fingerprint density at radius 2 is 0.419 bits per heavy atom. The normalized spacial score (nSPS) is 10.2. The molecule has 0 spiro atoms. The smallest absolute Gasteiger partial charge is 0.303 e. The summed E-state index contributed by atoms with van der Waals surface area (Å²) >= 11 is 0. The molecule has 0 fully saturated rings. The standard InChI is InChI=1S/C12H22O4.C11H20O4/c13-11(14)9-7-5-3-1-2-4-6-8-10-12(15)16;12-10(13)8-6-4-2-1-3-5-7-9-11(14)15/h1-10H2,(H,13,14)(H,15,16);1-9H2,(H,12,13)(H,14,15). The molecule has 0 saturated carbocycles. The second-order valence-corrected chi connectivity index (χ2v) is 7.88. The summed E-state index contributed by atoms with van der Waals surface area (Å²) in [6.07, 6.45) is 15.7. The first-order valence-electron chi connectivity index (χ1n) is 11.6. The molecule has 31 heavy (non-hydrogen) atoms. The first-order chi connectivity index (χ1) is 14.8. The largest absolute Gasteiger partial charge is 0.481 e. The fourth-order valence-electron chi connectivity index (χ4n) is 3.05. The molecule has 0 saturated heterocycles. The summed E-state index contributed by atoms with van der Waals surface area (Å²) in [5.74, 6) is -2.88. The Bertz CT molecular complexity index is 434. The number of hydrogen-bond donors (Lipinski definition) is 4. The molecule has 0 aromatic carbocycles. The quantitative estimate of drug-likeness (QED) is 0.163. The number of carbonyl (C=O) groups is 4. The van der Waals surface area contributed by atoms with Gasteiger partial charge in [0.05, 0.1) is 0 Å². The van der Waals surface area contributed by atoms with Crippen molar-refractivity contribution in [1.29, 1.82) is 0 Å². The molecule has 8 nitrogen and oxygen atoms in total. The summed E-state index contributed by atoms with van der Waals surface area (Å²) in [5.41, 5.74) is 0. The Morgan fingerprint density at radius 3 is 0.548 bits per heavy atom. The van der Waals surface area contributed by atoms with Crippen molar-refractivity contribution in [1.82, 2.24) is 0 Å². The molecule has 8 heteroatoms. The van der Waals surface area contributed by atoms with E-state index in [1.807, 2.05) is 0 Å². The van der Waals surface area contributed by atoms with Crippen molar-refractivity contribution < 1.29 is 39.6 Å². The molecular weight excluding hydrogens is 404 g/mol. The Balaban J connectivity index is 0. The third-order valence-electron chi connectivity index (χ3n) is 4.81.